The van der Waals surface area contributed by atoms with Gasteiger partial charge in [0.2, 0.25) is 0 Å². The lowest BCUT2D eigenvalue weighted by molar-refractivity contribution is 1.13. The summed E-state index contributed by atoms with van der Waals surface area (Å²) in [7, 11) is 0. The van der Waals surface area contributed by atoms with Crippen molar-refractivity contribution in [2.75, 3.05) is 11.9 Å². The summed E-state index contributed by atoms with van der Waals surface area (Å²) in [5, 5.41) is 3.22. The highest BCUT2D eigenvalue weighted by Crippen LogP contribution is 2.14. The van der Waals surface area contributed by atoms with Crippen molar-refractivity contribution in [2.24, 2.45) is 0 Å². The van der Waals surface area contributed by atoms with E-state index in [-0.39, 0.29) is 0 Å². The molecule has 0 saturated carbocycles. The summed E-state index contributed by atoms with van der Waals surface area (Å²) in [5.74, 6) is 0.766. The van der Waals surface area contributed by atoms with Crippen LogP contribution in [0, 0.1) is 0 Å². The maximum absolute atomic E-state index is 4.16. The number of aromatic nitrogens is 4. The summed E-state index contributed by atoms with van der Waals surface area (Å²) >= 11 is 0. The number of hydrogen-bond donors (Lipinski definition) is 2. The molecule has 0 spiro atoms. The fourth-order valence-electron chi connectivity index (χ4n) is 1.22. The Kier molecular flexibility index (Phi) is 2.62. The first kappa shape index (κ1) is 9.64. The molecule has 15 heavy (non-hydrogen) atoms. The van der Waals surface area contributed by atoms with Crippen molar-refractivity contribution in [2.45, 2.75) is 13.8 Å². The molecule has 0 atom stereocenters. The van der Waals surface area contributed by atoms with Gasteiger partial charge in [-0.25, -0.2) is 15.0 Å². The van der Waals surface area contributed by atoms with Gasteiger partial charge in [0, 0.05) is 6.54 Å². The minimum absolute atomic E-state index is 0.755. The minimum atomic E-state index is 0.755. The van der Waals surface area contributed by atoms with Crippen LogP contribution in [-0.2, 0) is 0 Å². The van der Waals surface area contributed by atoms with E-state index in [9.17, 15) is 0 Å². The molecule has 0 fully saturated rings. The Morgan fingerprint density at radius 3 is 3.13 bits per heavy atom. The summed E-state index contributed by atoms with van der Waals surface area (Å²) in [6, 6.07) is 0. The Bertz CT molecular complexity index is 485. The maximum Gasteiger partial charge on any atom is 0.162 e. The minimum Gasteiger partial charge on any atom is -0.364 e. The Hall–Kier alpha value is -1.91. The molecular formula is C10H13N5. The molecule has 2 aromatic heterocycles. The van der Waals surface area contributed by atoms with Gasteiger partial charge in [-0.15, -0.1) is 0 Å². The highest BCUT2D eigenvalue weighted by Gasteiger charge is 2.04. The van der Waals surface area contributed by atoms with Crippen LogP contribution in [0.15, 0.2) is 24.3 Å². The SMILES string of the molecule is C/C=C(\C)CNc1ncnc2[nH]cnc12. The lowest BCUT2D eigenvalue weighted by atomic mass is 10.3. The molecule has 0 bridgehead atoms. The molecule has 0 amide bonds. The van der Waals surface area contributed by atoms with Crippen molar-refractivity contribution >= 4 is 17.0 Å². The van der Waals surface area contributed by atoms with Crippen molar-refractivity contribution in [1.29, 1.82) is 0 Å². The van der Waals surface area contributed by atoms with Gasteiger partial charge in [0.1, 0.15) is 11.8 Å². The van der Waals surface area contributed by atoms with Crippen LogP contribution in [0.2, 0.25) is 0 Å². The lowest BCUT2D eigenvalue weighted by Gasteiger charge is -2.04. The lowest BCUT2D eigenvalue weighted by Crippen LogP contribution is -2.05. The number of allylic oxidation sites excluding steroid dienone is 1. The highest BCUT2D eigenvalue weighted by molar-refractivity contribution is 5.81. The van der Waals surface area contributed by atoms with Gasteiger partial charge in [0.15, 0.2) is 11.5 Å². The van der Waals surface area contributed by atoms with Gasteiger partial charge in [-0.3, -0.25) is 0 Å². The number of nitrogens with one attached hydrogen (secondary N) is 2. The first-order valence-electron chi connectivity index (χ1n) is 4.81. The zero-order valence-electron chi connectivity index (χ0n) is 8.78. The molecule has 0 aliphatic rings. The fraction of sp³-hybridized carbons (Fsp3) is 0.300. The van der Waals surface area contributed by atoms with E-state index in [4.69, 9.17) is 0 Å². The van der Waals surface area contributed by atoms with Gasteiger partial charge >= 0.3 is 0 Å². The molecule has 0 radical (unpaired) electrons. The number of aromatic amines is 1. The number of imidazole rings is 1. The third-order valence-electron chi connectivity index (χ3n) is 2.24. The summed E-state index contributed by atoms with van der Waals surface area (Å²) < 4.78 is 0. The Balaban J connectivity index is 2.24. The van der Waals surface area contributed by atoms with E-state index in [1.54, 1.807) is 6.33 Å². The van der Waals surface area contributed by atoms with E-state index in [2.05, 4.69) is 38.3 Å². The monoisotopic (exact) mass is 203 g/mol. The molecule has 2 rings (SSSR count). The van der Waals surface area contributed by atoms with Gasteiger partial charge in [0.25, 0.3) is 0 Å². The zero-order valence-corrected chi connectivity index (χ0v) is 8.78. The maximum atomic E-state index is 4.16. The van der Waals surface area contributed by atoms with Gasteiger partial charge in [0.05, 0.1) is 6.33 Å². The van der Waals surface area contributed by atoms with Crippen molar-refractivity contribution in [3.63, 3.8) is 0 Å². The van der Waals surface area contributed by atoms with Crippen LogP contribution in [-0.4, -0.2) is 26.5 Å². The second kappa shape index (κ2) is 4.08. The first-order valence-corrected chi connectivity index (χ1v) is 4.81. The van der Waals surface area contributed by atoms with E-state index in [0.717, 1.165) is 23.5 Å². The molecular weight excluding hydrogens is 190 g/mol. The van der Waals surface area contributed by atoms with E-state index in [1.807, 2.05) is 6.92 Å². The van der Waals surface area contributed by atoms with Crippen LogP contribution in [0.1, 0.15) is 13.8 Å². The average Bonchev–Trinajstić information content (AvgIpc) is 2.74. The van der Waals surface area contributed by atoms with Crippen molar-refractivity contribution < 1.29 is 0 Å². The number of nitrogens with zero attached hydrogens (tertiary/aromatic N) is 3. The van der Waals surface area contributed by atoms with E-state index < -0.39 is 0 Å². The van der Waals surface area contributed by atoms with Gasteiger partial charge in [-0.2, -0.15) is 0 Å². The number of hydrogen-bond acceptors (Lipinski definition) is 4. The summed E-state index contributed by atoms with van der Waals surface area (Å²) in [6.07, 6.45) is 5.21. The van der Waals surface area contributed by atoms with Crippen molar-refractivity contribution in [3.05, 3.63) is 24.3 Å². The van der Waals surface area contributed by atoms with Crippen LogP contribution in [0.4, 0.5) is 5.82 Å². The Morgan fingerprint density at radius 2 is 2.33 bits per heavy atom. The predicted molar refractivity (Wildman–Crippen MR) is 59.6 cm³/mol. The first-order chi connectivity index (χ1) is 7.31. The molecule has 0 aromatic carbocycles. The highest BCUT2D eigenvalue weighted by atomic mass is 15.1. The smallest absolute Gasteiger partial charge is 0.162 e. The summed E-state index contributed by atoms with van der Waals surface area (Å²) in [5.41, 5.74) is 2.80. The van der Waals surface area contributed by atoms with Crippen molar-refractivity contribution in [3.8, 4) is 0 Å². The van der Waals surface area contributed by atoms with Crippen molar-refractivity contribution in [1.82, 2.24) is 19.9 Å². The predicted octanol–water partition coefficient (Wildman–Crippen LogP) is 1.73. The van der Waals surface area contributed by atoms with Crippen LogP contribution in [0.25, 0.3) is 11.2 Å². The molecule has 78 valence electrons. The second-order valence-corrected chi connectivity index (χ2v) is 3.31. The molecule has 0 unspecified atom stereocenters. The third-order valence-corrected chi connectivity index (χ3v) is 2.24. The molecule has 0 saturated heterocycles. The van der Waals surface area contributed by atoms with E-state index in [0.29, 0.717) is 0 Å². The van der Waals surface area contributed by atoms with Crippen LogP contribution in [0.3, 0.4) is 0 Å². The fourth-order valence-corrected chi connectivity index (χ4v) is 1.22. The van der Waals surface area contributed by atoms with E-state index >= 15 is 0 Å². The number of fused-ring (bicyclic) bond motifs is 1. The van der Waals surface area contributed by atoms with Gasteiger partial charge < -0.3 is 10.3 Å². The topological polar surface area (TPSA) is 66.5 Å². The molecule has 0 aliphatic carbocycles. The number of H-pyrrole nitrogens is 1. The van der Waals surface area contributed by atoms with Gasteiger partial charge in [-0.1, -0.05) is 11.6 Å². The summed E-state index contributed by atoms with van der Waals surface area (Å²) in [4.78, 5) is 15.3. The van der Waals surface area contributed by atoms with Gasteiger partial charge in [-0.05, 0) is 13.8 Å². The largest absolute Gasteiger partial charge is 0.364 e. The molecule has 0 aliphatic heterocycles. The quantitative estimate of drug-likeness (QED) is 0.745. The Labute approximate surface area is 87.7 Å². The standard InChI is InChI=1S/C10H13N5/c1-3-7(2)4-11-9-8-10(13-5-12-8)15-6-14-9/h3,5-6H,4H2,1-2H3,(H2,11,12,13,14,15)/b7-3+. The Morgan fingerprint density at radius 1 is 1.47 bits per heavy atom. The third kappa shape index (κ3) is 1.96. The van der Waals surface area contributed by atoms with E-state index in [1.165, 1.54) is 11.9 Å². The molecule has 5 heteroatoms. The molecule has 2 heterocycles. The molecule has 2 N–H and O–H groups in total. The van der Waals surface area contributed by atoms with Crippen LogP contribution in [0.5, 0.6) is 0 Å². The van der Waals surface area contributed by atoms with Crippen LogP contribution < -0.4 is 5.32 Å². The second-order valence-electron chi connectivity index (χ2n) is 3.31. The number of anilines is 1. The normalized spacial score (nSPS) is 12.0. The molecule has 5 nitrogen and oxygen atoms in total. The molecule has 2 aromatic rings. The zero-order chi connectivity index (χ0) is 10.7. The van der Waals surface area contributed by atoms with Crippen LogP contribution >= 0.6 is 0 Å². The summed E-state index contributed by atoms with van der Waals surface area (Å²) in [6.45, 7) is 4.85. The average molecular weight is 203 g/mol. The number of rotatable bonds is 3.